The number of halogens is 1. The third-order valence-electron chi connectivity index (χ3n) is 4.64. The number of guanidine groups is 1. The van der Waals surface area contributed by atoms with Gasteiger partial charge in [0.2, 0.25) is 0 Å². The first-order valence-corrected chi connectivity index (χ1v) is 9.35. The van der Waals surface area contributed by atoms with Crippen LogP contribution in [0.3, 0.4) is 0 Å². The maximum Gasteiger partial charge on any atom is 0.194 e. The highest BCUT2D eigenvalue weighted by Gasteiger charge is 2.20. The van der Waals surface area contributed by atoms with Gasteiger partial charge >= 0.3 is 0 Å². The van der Waals surface area contributed by atoms with Crippen molar-refractivity contribution in [2.75, 3.05) is 51.3 Å². The minimum absolute atomic E-state index is 0. The highest BCUT2D eigenvalue weighted by molar-refractivity contribution is 14.0. The zero-order chi connectivity index (χ0) is 19.1. The van der Waals surface area contributed by atoms with E-state index in [1.54, 1.807) is 25.5 Å². The van der Waals surface area contributed by atoms with E-state index >= 15 is 0 Å². The molecule has 1 atom stereocenters. The number of aliphatic imine (C=N–C) groups is 1. The lowest BCUT2D eigenvalue weighted by atomic mass is 10.2. The first-order chi connectivity index (χ1) is 13.2. The standard InChI is InChI=1S/C20H28N4O3.HI/c1-3-21-20(22-15-18(25)19-5-4-14-27-19)24-12-10-23(11-13-24)16-6-8-17(26-2)9-7-16;/h4-9,14,18,25H,3,10-13,15H2,1-2H3,(H,21,22);1H. The Morgan fingerprint density at radius 2 is 1.93 bits per heavy atom. The van der Waals surface area contributed by atoms with Crippen molar-refractivity contribution < 1.29 is 14.3 Å². The lowest BCUT2D eigenvalue weighted by molar-refractivity contribution is 0.158. The maximum absolute atomic E-state index is 10.2. The number of aliphatic hydroxyl groups is 1. The van der Waals surface area contributed by atoms with Gasteiger partial charge in [0.15, 0.2) is 5.96 Å². The SMILES string of the molecule is CCNC(=NCC(O)c1ccco1)N1CCN(c2ccc(OC)cc2)CC1.I. The zero-order valence-corrected chi connectivity index (χ0v) is 18.7. The van der Waals surface area contributed by atoms with Gasteiger partial charge in [0.1, 0.15) is 17.6 Å². The van der Waals surface area contributed by atoms with E-state index in [4.69, 9.17) is 9.15 Å². The number of benzene rings is 1. The Bertz CT molecular complexity index is 714. The summed E-state index contributed by atoms with van der Waals surface area (Å²) in [6.45, 7) is 6.67. The normalized spacial score (nSPS) is 15.8. The van der Waals surface area contributed by atoms with Crippen molar-refractivity contribution in [2.24, 2.45) is 4.99 Å². The molecule has 1 fully saturated rings. The van der Waals surface area contributed by atoms with Crippen LogP contribution in [-0.2, 0) is 0 Å². The molecular formula is C20H29IN4O3. The minimum atomic E-state index is -0.728. The topological polar surface area (TPSA) is 73.5 Å². The highest BCUT2D eigenvalue weighted by Crippen LogP contribution is 2.20. The second kappa shape index (κ2) is 11.2. The molecule has 1 aliphatic rings. The van der Waals surface area contributed by atoms with Crippen molar-refractivity contribution in [3.05, 3.63) is 48.4 Å². The number of anilines is 1. The Morgan fingerprint density at radius 3 is 2.50 bits per heavy atom. The van der Waals surface area contributed by atoms with Gasteiger partial charge in [-0.1, -0.05) is 0 Å². The molecule has 0 radical (unpaired) electrons. The van der Waals surface area contributed by atoms with Crippen molar-refractivity contribution in [1.29, 1.82) is 0 Å². The molecule has 154 valence electrons. The van der Waals surface area contributed by atoms with Crippen LogP contribution in [0.15, 0.2) is 52.1 Å². The predicted octanol–water partition coefficient (Wildman–Crippen LogP) is 2.73. The van der Waals surface area contributed by atoms with Crippen molar-refractivity contribution in [3.8, 4) is 5.75 Å². The van der Waals surface area contributed by atoms with E-state index < -0.39 is 6.10 Å². The van der Waals surface area contributed by atoms with E-state index in [0.29, 0.717) is 5.76 Å². The molecule has 1 unspecified atom stereocenters. The van der Waals surface area contributed by atoms with E-state index in [0.717, 1.165) is 44.4 Å². The highest BCUT2D eigenvalue weighted by atomic mass is 127. The van der Waals surface area contributed by atoms with Crippen LogP contribution in [0.5, 0.6) is 5.75 Å². The van der Waals surface area contributed by atoms with Gasteiger partial charge in [-0.2, -0.15) is 0 Å². The van der Waals surface area contributed by atoms with E-state index in [1.165, 1.54) is 5.69 Å². The minimum Gasteiger partial charge on any atom is -0.497 e. The summed E-state index contributed by atoms with van der Waals surface area (Å²) >= 11 is 0. The molecule has 0 spiro atoms. The van der Waals surface area contributed by atoms with Crippen LogP contribution >= 0.6 is 24.0 Å². The van der Waals surface area contributed by atoms with Crippen molar-refractivity contribution >= 4 is 35.6 Å². The van der Waals surface area contributed by atoms with Crippen LogP contribution in [0.2, 0.25) is 0 Å². The summed E-state index contributed by atoms with van der Waals surface area (Å²) in [5, 5.41) is 13.5. The first kappa shape index (κ1) is 22.4. The summed E-state index contributed by atoms with van der Waals surface area (Å²) in [7, 11) is 1.68. The summed E-state index contributed by atoms with van der Waals surface area (Å²) in [5.41, 5.74) is 1.20. The summed E-state index contributed by atoms with van der Waals surface area (Å²) in [5.74, 6) is 2.24. The summed E-state index contributed by atoms with van der Waals surface area (Å²) < 4.78 is 10.5. The largest absolute Gasteiger partial charge is 0.497 e. The number of ether oxygens (including phenoxy) is 1. The molecule has 28 heavy (non-hydrogen) atoms. The van der Waals surface area contributed by atoms with E-state index in [2.05, 4.69) is 32.2 Å². The number of piperazine rings is 1. The smallest absolute Gasteiger partial charge is 0.194 e. The van der Waals surface area contributed by atoms with Gasteiger partial charge in [-0.15, -0.1) is 24.0 Å². The van der Waals surface area contributed by atoms with Crippen LogP contribution in [0, 0.1) is 0 Å². The second-order valence-corrected chi connectivity index (χ2v) is 6.40. The summed E-state index contributed by atoms with van der Waals surface area (Å²) in [6, 6.07) is 11.7. The van der Waals surface area contributed by atoms with Gasteiger partial charge in [-0.25, -0.2) is 4.99 Å². The third-order valence-corrected chi connectivity index (χ3v) is 4.64. The average molecular weight is 500 g/mol. The van der Waals surface area contributed by atoms with Crippen LogP contribution in [0.25, 0.3) is 0 Å². The van der Waals surface area contributed by atoms with Crippen molar-refractivity contribution in [3.63, 3.8) is 0 Å². The molecule has 1 aromatic heterocycles. The van der Waals surface area contributed by atoms with Gasteiger partial charge in [-0.05, 0) is 43.3 Å². The molecule has 1 saturated heterocycles. The lowest BCUT2D eigenvalue weighted by Gasteiger charge is -2.37. The van der Waals surface area contributed by atoms with Crippen LogP contribution < -0.4 is 15.0 Å². The van der Waals surface area contributed by atoms with Gasteiger partial charge in [-0.3, -0.25) is 0 Å². The van der Waals surface area contributed by atoms with Crippen molar-refractivity contribution in [1.82, 2.24) is 10.2 Å². The van der Waals surface area contributed by atoms with E-state index in [-0.39, 0.29) is 30.5 Å². The molecule has 7 nitrogen and oxygen atoms in total. The maximum atomic E-state index is 10.2. The predicted molar refractivity (Wildman–Crippen MR) is 122 cm³/mol. The van der Waals surface area contributed by atoms with E-state index in [9.17, 15) is 5.11 Å². The third kappa shape index (κ3) is 5.78. The Balaban J connectivity index is 0.00000280. The second-order valence-electron chi connectivity index (χ2n) is 6.40. The number of furan rings is 1. The molecule has 0 aliphatic carbocycles. The number of nitrogens with zero attached hydrogens (tertiary/aromatic N) is 3. The number of nitrogens with one attached hydrogen (secondary N) is 1. The fraction of sp³-hybridized carbons (Fsp3) is 0.450. The van der Waals surface area contributed by atoms with Gasteiger partial charge < -0.3 is 29.4 Å². The van der Waals surface area contributed by atoms with Crippen LogP contribution in [-0.4, -0.2) is 62.3 Å². The van der Waals surface area contributed by atoms with E-state index in [1.807, 2.05) is 19.1 Å². The van der Waals surface area contributed by atoms with Crippen LogP contribution in [0.4, 0.5) is 5.69 Å². The molecule has 0 saturated carbocycles. The molecule has 2 N–H and O–H groups in total. The molecule has 2 heterocycles. The summed E-state index contributed by atoms with van der Waals surface area (Å²) in [6.07, 6.45) is 0.834. The molecule has 1 aromatic carbocycles. The molecule has 0 amide bonds. The first-order valence-electron chi connectivity index (χ1n) is 9.35. The Hall–Kier alpha value is -1.94. The van der Waals surface area contributed by atoms with Gasteiger partial charge in [0, 0.05) is 38.4 Å². The molecule has 8 heteroatoms. The number of hydrogen-bond donors (Lipinski definition) is 2. The fourth-order valence-electron chi connectivity index (χ4n) is 3.14. The number of rotatable bonds is 6. The van der Waals surface area contributed by atoms with Crippen molar-refractivity contribution in [2.45, 2.75) is 13.0 Å². The van der Waals surface area contributed by atoms with Gasteiger partial charge in [0.05, 0.1) is 19.9 Å². The molecule has 2 aromatic rings. The van der Waals surface area contributed by atoms with Gasteiger partial charge in [0.25, 0.3) is 0 Å². The lowest BCUT2D eigenvalue weighted by Crippen LogP contribution is -2.52. The molecule has 1 aliphatic heterocycles. The van der Waals surface area contributed by atoms with Crippen LogP contribution in [0.1, 0.15) is 18.8 Å². The zero-order valence-electron chi connectivity index (χ0n) is 16.4. The quantitative estimate of drug-likeness (QED) is 0.361. The number of hydrogen-bond acceptors (Lipinski definition) is 5. The monoisotopic (exact) mass is 500 g/mol. The fourth-order valence-corrected chi connectivity index (χ4v) is 3.14. The molecule has 0 bridgehead atoms. The number of aliphatic hydroxyl groups excluding tert-OH is 1. The Kier molecular flexibility index (Phi) is 8.91. The molecule has 3 rings (SSSR count). The average Bonchev–Trinajstić information content (AvgIpc) is 3.26. The Labute approximate surface area is 183 Å². The molecular weight excluding hydrogens is 471 g/mol. The summed E-state index contributed by atoms with van der Waals surface area (Å²) in [4.78, 5) is 9.19. The Morgan fingerprint density at radius 1 is 1.21 bits per heavy atom. The number of methoxy groups -OCH3 is 1.